The largest absolute Gasteiger partial charge is 0.495 e. The molecule has 0 saturated carbocycles. The fourth-order valence-electron chi connectivity index (χ4n) is 5.19. The molecule has 4 N–H and O–H groups in total. The molecule has 242 valence electrons. The first-order chi connectivity index (χ1) is 23.4. The average molecular weight is 643 g/mol. The number of carboxylic acid groups (broad SMARTS) is 1. The zero-order valence-electron chi connectivity index (χ0n) is 26.2. The lowest BCUT2D eigenvalue weighted by atomic mass is 10.0. The number of ether oxygens (including phenoxy) is 2. The van der Waals surface area contributed by atoms with Gasteiger partial charge in [-0.15, -0.1) is 0 Å². The van der Waals surface area contributed by atoms with Crippen LogP contribution in [0.4, 0.5) is 10.5 Å². The molecule has 6 rings (SSSR count). The van der Waals surface area contributed by atoms with Gasteiger partial charge < -0.3 is 19.9 Å². The molecule has 1 unspecified atom stereocenters. The van der Waals surface area contributed by atoms with E-state index in [0.717, 1.165) is 27.5 Å². The molecule has 1 aliphatic heterocycles. The summed E-state index contributed by atoms with van der Waals surface area (Å²) in [7, 11) is 1.52. The number of para-hydroxylation sites is 2. The molecule has 11 nitrogen and oxygen atoms in total. The standard InChI is InChI=1S/C37H34N6O5/c1-47-32-14-8-7-13-31(32)39-36(46)41-34-40-35(38-22-21-33(44)45)43(24-25-15-17-28(18-16-25)26-9-3-2-4-10-26)37(42-34)48-30-20-19-27-11-5-6-12-29(27)23-30/h2-20,23,37H,21-22,24H2,1H3,(H,44,45)(H3,38,39,40,41,42,46). The van der Waals surface area contributed by atoms with Crippen LogP contribution in [0, 0.1) is 0 Å². The van der Waals surface area contributed by atoms with Crippen LogP contribution < -0.4 is 25.4 Å². The highest BCUT2D eigenvalue weighted by atomic mass is 16.5. The number of carboxylic acids is 1. The predicted molar refractivity (Wildman–Crippen MR) is 186 cm³/mol. The number of benzene rings is 5. The molecule has 0 aromatic heterocycles. The van der Waals surface area contributed by atoms with Gasteiger partial charge in [-0.25, -0.2) is 4.79 Å². The summed E-state index contributed by atoms with van der Waals surface area (Å²) in [5.41, 5.74) is 3.58. The van der Waals surface area contributed by atoms with E-state index in [1.54, 1.807) is 29.2 Å². The van der Waals surface area contributed by atoms with Crippen LogP contribution in [0.15, 0.2) is 131 Å². The normalized spacial score (nSPS) is 14.9. The minimum atomic E-state index is -0.981. The highest BCUT2D eigenvalue weighted by molar-refractivity contribution is 6.09. The molecule has 5 aromatic rings. The molecule has 11 heteroatoms. The van der Waals surface area contributed by atoms with Gasteiger partial charge >= 0.3 is 12.0 Å². The zero-order valence-corrected chi connectivity index (χ0v) is 26.2. The van der Waals surface area contributed by atoms with Crippen molar-refractivity contribution < 1.29 is 24.2 Å². The molecule has 2 amide bonds. The van der Waals surface area contributed by atoms with Crippen molar-refractivity contribution in [3.05, 3.63) is 127 Å². The van der Waals surface area contributed by atoms with E-state index in [4.69, 9.17) is 14.5 Å². The molecule has 0 radical (unpaired) electrons. The van der Waals surface area contributed by atoms with Gasteiger partial charge in [0.15, 0.2) is 0 Å². The van der Waals surface area contributed by atoms with Crippen molar-refractivity contribution in [1.29, 1.82) is 0 Å². The number of anilines is 1. The minimum Gasteiger partial charge on any atom is -0.495 e. The van der Waals surface area contributed by atoms with E-state index in [9.17, 15) is 14.7 Å². The molecular weight excluding hydrogens is 608 g/mol. The smallest absolute Gasteiger partial charge is 0.326 e. The number of carbonyl (C=O) groups excluding carboxylic acids is 1. The molecule has 0 fully saturated rings. The summed E-state index contributed by atoms with van der Waals surface area (Å²) in [5, 5.41) is 19.9. The van der Waals surface area contributed by atoms with Gasteiger partial charge in [0.25, 0.3) is 6.35 Å². The average Bonchev–Trinajstić information content (AvgIpc) is 3.10. The van der Waals surface area contributed by atoms with Crippen molar-refractivity contribution in [3.63, 3.8) is 0 Å². The number of amides is 2. The maximum absolute atomic E-state index is 13.1. The summed E-state index contributed by atoms with van der Waals surface area (Å²) in [5.74, 6) is 0.417. The van der Waals surface area contributed by atoms with Crippen molar-refractivity contribution in [2.75, 3.05) is 19.0 Å². The van der Waals surface area contributed by atoms with E-state index in [1.165, 1.54) is 7.11 Å². The van der Waals surface area contributed by atoms with Crippen LogP contribution in [0.5, 0.6) is 11.5 Å². The number of hydrogen-bond donors (Lipinski definition) is 4. The molecule has 1 heterocycles. The Morgan fingerprint density at radius 2 is 1.56 bits per heavy atom. The third-order valence-corrected chi connectivity index (χ3v) is 7.56. The van der Waals surface area contributed by atoms with Crippen molar-refractivity contribution in [1.82, 2.24) is 15.5 Å². The fourth-order valence-corrected chi connectivity index (χ4v) is 5.19. The van der Waals surface area contributed by atoms with Gasteiger partial charge in [-0.05, 0) is 51.7 Å². The Morgan fingerprint density at radius 1 is 0.854 bits per heavy atom. The maximum atomic E-state index is 13.1. The Labute approximate surface area is 277 Å². The van der Waals surface area contributed by atoms with E-state index in [0.29, 0.717) is 23.7 Å². The Hall–Kier alpha value is -6.36. The van der Waals surface area contributed by atoms with Crippen LogP contribution in [0.1, 0.15) is 12.0 Å². The van der Waals surface area contributed by atoms with E-state index in [1.807, 2.05) is 84.9 Å². The molecule has 1 atom stereocenters. The lowest BCUT2D eigenvalue weighted by Crippen LogP contribution is -2.59. The number of fused-ring (bicyclic) bond motifs is 1. The Bertz CT molecular complexity index is 1960. The number of carbonyl (C=O) groups is 2. The molecule has 0 saturated heterocycles. The summed E-state index contributed by atoms with van der Waals surface area (Å²) in [6.45, 7) is 0.306. The third-order valence-electron chi connectivity index (χ3n) is 7.56. The predicted octanol–water partition coefficient (Wildman–Crippen LogP) is 6.29. The SMILES string of the molecule is COc1ccccc1NC(=O)NC1=NC(Oc2ccc3ccccc3c2)N(Cc2ccc(-c3ccccc3)cc2)C(=NCCC(=O)O)N1. The number of nitrogens with zero attached hydrogens (tertiary/aromatic N) is 3. The summed E-state index contributed by atoms with van der Waals surface area (Å²) in [4.78, 5) is 35.6. The van der Waals surface area contributed by atoms with Crippen molar-refractivity contribution >= 4 is 40.4 Å². The monoisotopic (exact) mass is 642 g/mol. The van der Waals surface area contributed by atoms with Crippen LogP contribution in [0.25, 0.3) is 21.9 Å². The van der Waals surface area contributed by atoms with Gasteiger partial charge in [0, 0.05) is 0 Å². The molecule has 0 aliphatic carbocycles. The van der Waals surface area contributed by atoms with Gasteiger partial charge in [0.1, 0.15) is 11.5 Å². The second kappa shape index (κ2) is 14.8. The first kappa shape index (κ1) is 31.6. The van der Waals surface area contributed by atoms with Gasteiger partial charge in [-0.3, -0.25) is 25.3 Å². The van der Waals surface area contributed by atoms with E-state index >= 15 is 0 Å². The molecule has 0 spiro atoms. The van der Waals surface area contributed by atoms with Crippen molar-refractivity contribution in [3.8, 4) is 22.6 Å². The number of methoxy groups -OCH3 is 1. The maximum Gasteiger partial charge on any atom is 0.326 e. The first-order valence-corrected chi connectivity index (χ1v) is 15.3. The van der Waals surface area contributed by atoms with Crippen molar-refractivity contribution in [2.24, 2.45) is 9.98 Å². The lowest BCUT2D eigenvalue weighted by Gasteiger charge is -2.36. The van der Waals surface area contributed by atoms with Crippen LogP contribution in [-0.2, 0) is 11.3 Å². The summed E-state index contributed by atoms with van der Waals surface area (Å²) in [6, 6.07) is 38.3. The number of urea groups is 1. The first-order valence-electron chi connectivity index (χ1n) is 15.3. The van der Waals surface area contributed by atoms with Crippen molar-refractivity contribution in [2.45, 2.75) is 19.3 Å². The number of aliphatic imine (C=N–C) groups is 2. The van der Waals surface area contributed by atoms with Gasteiger partial charge in [-0.1, -0.05) is 97.1 Å². The number of nitrogens with one attached hydrogen (secondary N) is 3. The number of guanidine groups is 2. The third kappa shape index (κ3) is 7.88. The lowest BCUT2D eigenvalue weighted by molar-refractivity contribution is -0.136. The summed E-state index contributed by atoms with van der Waals surface area (Å²) >= 11 is 0. The summed E-state index contributed by atoms with van der Waals surface area (Å²) < 4.78 is 11.8. The number of aliphatic carboxylic acids is 1. The molecule has 0 bridgehead atoms. The molecule has 48 heavy (non-hydrogen) atoms. The van der Waals surface area contributed by atoms with E-state index in [2.05, 4.69) is 33.1 Å². The summed E-state index contributed by atoms with van der Waals surface area (Å²) in [6.07, 6.45) is -1.17. The fraction of sp³-hybridized carbons (Fsp3) is 0.135. The van der Waals surface area contributed by atoms with Gasteiger partial charge in [0.2, 0.25) is 11.9 Å². The minimum absolute atomic E-state index is 0.00943. The highest BCUT2D eigenvalue weighted by Gasteiger charge is 2.31. The zero-order chi connectivity index (χ0) is 33.3. The molecular formula is C37H34N6O5. The van der Waals surface area contributed by atoms with Crippen LogP contribution >= 0.6 is 0 Å². The molecule has 5 aromatic carbocycles. The van der Waals surface area contributed by atoms with Crippen LogP contribution in [0.2, 0.25) is 0 Å². The molecule has 1 aliphatic rings. The topological polar surface area (TPSA) is 137 Å². The van der Waals surface area contributed by atoms with Gasteiger partial charge in [0.05, 0.1) is 32.3 Å². The Balaban J connectivity index is 1.32. The Kier molecular flexibility index (Phi) is 9.76. The second-order valence-corrected chi connectivity index (χ2v) is 10.9. The van der Waals surface area contributed by atoms with Gasteiger partial charge in [-0.2, -0.15) is 4.99 Å². The number of hydrogen-bond acceptors (Lipinski definition) is 6. The number of rotatable bonds is 10. The highest BCUT2D eigenvalue weighted by Crippen LogP contribution is 2.26. The van der Waals surface area contributed by atoms with Crippen LogP contribution in [0.3, 0.4) is 0 Å². The Morgan fingerprint density at radius 3 is 2.33 bits per heavy atom. The second-order valence-electron chi connectivity index (χ2n) is 10.9. The quantitative estimate of drug-likeness (QED) is 0.141. The van der Waals surface area contributed by atoms with Crippen LogP contribution in [-0.4, -0.2) is 53.9 Å². The van der Waals surface area contributed by atoms with E-state index < -0.39 is 18.4 Å². The van der Waals surface area contributed by atoms with E-state index in [-0.39, 0.29) is 24.9 Å².